The van der Waals surface area contributed by atoms with E-state index in [4.69, 9.17) is 0 Å². The van der Waals surface area contributed by atoms with Crippen molar-refractivity contribution < 1.29 is 18.7 Å². The van der Waals surface area contributed by atoms with Gasteiger partial charge in [0.1, 0.15) is 11.4 Å². The van der Waals surface area contributed by atoms with Crippen LogP contribution in [0.3, 0.4) is 0 Å². The van der Waals surface area contributed by atoms with Crippen LogP contribution in [0.2, 0.25) is 0 Å². The van der Waals surface area contributed by atoms with Gasteiger partial charge in [0.15, 0.2) is 5.78 Å². The van der Waals surface area contributed by atoms with E-state index in [1.54, 1.807) is 0 Å². The van der Waals surface area contributed by atoms with Crippen LogP contribution in [0.25, 0.3) is 6.08 Å². The van der Waals surface area contributed by atoms with E-state index < -0.39 is 17.6 Å². The molecule has 0 aliphatic heterocycles. The van der Waals surface area contributed by atoms with Gasteiger partial charge in [-0.05, 0) is 30.7 Å². The number of Topliss-reactive ketones (excluding diaryl/α,β-unsaturated/α-hetero) is 1. The third-order valence-corrected chi connectivity index (χ3v) is 2.73. The molecular weight excluding hydrogens is 291 g/mol. The molecule has 0 unspecified atom stereocenters. The van der Waals surface area contributed by atoms with Gasteiger partial charge in [0.2, 0.25) is 0 Å². The van der Waals surface area contributed by atoms with Gasteiger partial charge in [0.05, 0.1) is 7.11 Å². The maximum atomic E-state index is 12.9. The highest BCUT2D eigenvalue weighted by atomic mass is 79.9. The van der Waals surface area contributed by atoms with Crippen molar-refractivity contribution in [2.45, 2.75) is 6.92 Å². The molecule has 0 amide bonds. The number of benzene rings is 1. The molecule has 90 valence electrons. The lowest BCUT2D eigenvalue weighted by Crippen LogP contribution is -2.11. The summed E-state index contributed by atoms with van der Waals surface area (Å²) in [5.74, 6) is -1.53. The highest BCUT2D eigenvalue weighted by Crippen LogP contribution is 2.21. The molecule has 0 bridgehead atoms. The third kappa shape index (κ3) is 3.49. The molecule has 0 aliphatic rings. The first-order valence-corrected chi connectivity index (χ1v) is 5.51. The zero-order valence-electron chi connectivity index (χ0n) is 9.29. The Hall–Kier alpha value is -1.49. The lowest BCUT2D eigenvalue weighted by atomic mass is 10.1. The molecule has 0 heterocycles. The standard InChI is InChI=1S/C12H10BrFO3/c1-7(15)10(12(16)17-2)5-8-3-4-9(14)6-11(8)13/h3-6H,1-2H3. The fourth-order valence-electron chi connectivity index (χ4n) is 1.19. The number of carbonyl (C=O) groups is 2. The van der Waals surface area contributed by atoms with Crippen LogP contribution in [-0.4, -0.2) is 18.9 Å². The highest BCUT2D eigenvalue weighted by molar-refractivity contribution is 9.10. The SMILES string of the molecule is COC(=O)C(=Cc1ccc(F)cc1Br)C(C)=O. The van der Waals surface area contributed by atoms with Gasteiger partial charge in [0.25, 0.3) is 0 Å². The minimum Gasteiger partial charge on any atom is -0.465 e. The molecule has 17 heavy (non-hydrogen) atoms. The Bertz CT molecular complexity index is 495. The first-order valence-electron chi connectivity index (χ1n) is 4.71. The number of hydrogen-bond acceptors (Lipinski definition) is 3. The number of halogens is 2. The molecule has 0 atom stereocenters. The van der Waals surface area contributed by atoms with E-state index >= 15 is 0 Å². The van der Waals surface area contributed by atoms with E-state index in [1.165, 1.54) is 38.3 Å². The second-order valence-electron chi connectivity index (χ2n) is 3.27. The van der Waals surface area contributed by atoms with Crippen LogP contribution in [0, 0.1) is 5.82 Å². The monoisotopic (exact) mass is 300 g/mol. The number of methoxy groups -OCH3 is 1. The Morgan fingerprint density at radius 2 is 2.06 bits per heavy atom. The molecule has 0 radical (unpaired) electrons. The van der Waals surface area contributed by atoms with E-state index in [0.717, 1.165) is 0 Å². The summed E-state index contributed by atoms with van der Waals surface area (Å²) in [5, 5.41) is 0. The van der Waals surface area contributed by atoms with E-state index in [9.17, 15) is 14.0 Å². The smallest absolute Gasteiger partial charge is 0.341 e. The quantitative estimate of drug-likeness (QED) is 0.373. The normalized spacial score (nSPS) is 11.2. The van der Waals surface area contributed by atoms with Crippen molar-refractivity contribution in [3.05, 3.63) is 39.6 Å². The molecular formula is C12H10BrFO3. The second-order valence-corrected chi connectivity index (χ2v) is 4.13. The molecule has 0 spiro atoms. The lowest BCUT2D eigenvalue weighted by Gasteiger charge is -2.03. The van der Waals surface area contributed by atoms with Gasteiger partial charge in [-0.1, -0.05) is 22.0 Å². The largest absolute Gasteiger partial charge is 0.465 e. The first-order chi connectivity index (χ1) is 7.95. The number of hydrogen-bond donors (Lipinski definition) is 0. The van der Waals surface area contributed by atoms with Crippen molar-refractivity contribution in [3.8, 4) is 0 Å². The van der Waals surface area contributed by atoms with Crippen molar-refractivity contribution in [1.29, 1.82) is 0 Å². The van der Waals surface area contributed by atoms with Gasteiger partial charge in [-0.15, -0.1) is 0 Å². The molecule has 3 nitrogen and oxygen atoms in total. The number of ketones is 1. The van der Waals surface area contributed by atoms with Gasteiger partial charge < -0.3 is 4.74 Å². The van der Waals surface area contributed by atoms with Crippen molar-refractivity contribution in [2.75, 3.05) is 7.11 Å². The number of esters is 1. The molecule has 5 heteroatoms. The lowest BCUT2D eigenvalue weighted by molar-refractivity contribution is -0.137. The summed E-state index contributed by atoms with van der Waals surface area (Å²) in [7, 11) is 1.19. The Kier molecular flexibility index (Phi) is 4.57. The Labute approximate surface area is 106 Å². The van der Waals surface area contributed by atoms with Crippen LogP contribution in [0.5, 0.6) is 0 Å². The van der Waals surface area contributed by atoms with Crippen molar-refractivity contribution in [3.63, 3.8) is 0 Å². The van der Waals surface area contributed by atoms with E-state index in [1.807, 2.05) is 0 Å². The summed E-state index contributed by atoms with van der Waals surface area (Å²) in [6.45, 7) is 1.26. The van der Waals surface area contributed by atoms with Crippen LogP contribution in [0.4, 0.5) is 4.39 Å². The summed E-state index contributed by atoms with van der Waals surface area (Å²) in [4.78, 5) is 22.6. The summed E-state index contributed by atoms with van der Waals surface area (Å²) in [6, 6.07) is 3.96. The topological polar surface area (TPSA) is 43.4 Å². The van der Waals surface area contributed by atoms with Crippen LogP contribution < -0.4 is 0 Å². The number of ether oxygens (including phenoxy) is 1. The fourth-order valence-corrected chi connectivity index (χ4v) is 1.65. The maximum Gasteiger partial charge on any atom is 0.341 e. The third-order valence-electron chi connectivity index (χ3n) is 2.05. The van der Waals surface area contributed by atoms with Gasteiger partial charge in [-0.25, -0.2) is 9.18 Å². The number of rotatable bonds is 3. The maximum absolute atomic E-state index is 12.9. The second kappa shape index (κ2) is 5.72. The Morgan fingerprint density at radius 3 is 2.53 bits per heavy atom. The van der Waals surface area contributed by atoms with E-state index in [-0.39, 0.29) is 5.57 Å². The first kappa shape index (κ1) is 13.6. The molecule has 0 fully saturated rings. The molecule has 0 saturated carbocycles. The predicted octanol–water partition coefficient (Wildman–Crippen LogP) is 2.73. The van der Waals surface area contributed by atoms with Crippen LogP contribution in [0.1, 0.15) is 12.5 Å². The van der Waals surface area contributed by atoms with Crippen LogP contribution in [-0.2, 0) is 14.3 Å². The molecule has 1 aromatic carbocycles. The van der Waals surface area contributed by atoms with Gasteiger partial charge in [0, 0.05) is 4.47 Å². The average Bonchev–Trinajstić information content (AvgIpc) is 2.26. The van der Waals surface area contributed by atoms with Crippen molar-refractivity contribution >= 4 is 33.8 Å². The number of carbonyl (C=O) groups excluding carboxylic acids is 2. The van der Waals surface area contributed by atoms with Crippen molar-refractivity contribution in [1.82, 2.24) is 0 Å². The molecule has 1 aromatic rings. The van der Waals surface area contributed by atoms with Crippen molar-refractivity contribution in [2.24, 2.45) is 0 Å². The fraction of sp³-hybridized carbons (Fsp3) is 0.167. The summed E-state index contributed by atoms with van der Waals surface area (Å²) in [6.07, 6.45) is 1.36. The molecule has 0 aliphatic carbocycles. The zero-order valence-corrected chi connectivity index (χ0v) is 10.9. The predicted molar refractivity (Wildman–Crippen MR) is 64.8 cm³/mol. The van der Waals surface area contributed by atoms with Crippen LogP contribution in [0.15, 0.2) is 28.2 Å². The highest BCUT2D eigenvalue weighted by Gasteiger charge is 2.15. The van der Waals surface area contributed by atoms with E-state index in [0.29, 0.717) is 10.0 Å². The molecule has 0 N–H and O–H groups in total. The van der Waals surface area contributed by atoms with Gasteiger partial charge in [-0.3, -0.25) is 4.79 Å². The van der Waals surface area contributed by atoms with E-state index in [2.05, 4.69) is 20.7 Å². The minimum absolute atomic E-state index is 0.0835. The Morgan fingerprint density at radius 1 is 1.41 bits per heavy atom. The molecule has 1 rings (SSSR count). The van der Waals surface area contributed by atoms with Gasteiger partial charge >= 0.3 is 5.97 Å². The summed E-state index contributed by atoms with van der Waals surface area (Å²) in [5.41, 5.74) is 0.446. The Balaban J connectivity index is 3.22. The zero-order chi connectivity index (χ0) is 13.0. The minimum atomic E-state index is -0.714. The van der Waals surface area contributed by atoms with Gasteiger partial charge in [-0.2, -0.15) is 0 Å². The summed E-state index contributed by atoms with van der Waals surface area (Å²) < 4.78 is 17.8. The average molecular weight is 301 g/mol. The summed E-state index contributed by atoms with van der Waals surface area (Å²) >= 11 is 3.15. The molecule has 0 saturated heterocycles. The van der Waals surface area contributed by atoms with Crippen LogP contribution >= 0.6 is 15.9 Å². The molecule has 0 aromatic heterocycles.